The third-order valence-corrected chi connectivity index (χ3v) is 4.25. The molecule has 0 unspecified atom stereocenters. The number of rotatable bonds is 6. The van der Waals surface area contributed by atoms with Gasteiger partial charge in [0.1, 0.15) is 0 Å². The van der Waals surface area contributed by atoms with Gasteiger partial charge < -0.3 is 5.32 Å². The lowest BCUT2D eigenvalue weighted by molar-refractivity contribution is 0.582. The first-order chi connectivity index (χ1) is 9.48. The van der Waals surface area contributed by atoms with Gasteiger partial charge in [-0.05, 0) is 11.5 Å². The van der Waals surface area contributed by atoms with Crippen LogP contribution in [0.15, 0.2) is 42.5 Å². The van der Waals surface area contributed by atoms with Gasteiger partial charge in [-0.15, -0.1) is 0 Å². The Morgan fingerprint density at radius 3 is 2.50 bits per heavy atom. The Morgan fingerprint density at radius 1 is 1.05 bits per heavy atom. The fraction of sp³-hybridized carbons (Fsp3) is 0.333. The van der Waals surface area contributed by atoms with E-state index in [1.165, 1.54) is 0 Å². The maximum atomic E-state index is 12.1. The van der Waals surface area contributed by atoms with Crippen molar-refractivity contribution in [3.05, 3.63) is 42.5 Å². The highest BCUT2D eigenvalue weighted by Crippen LogP contribution is 2.23. The fourth-order valence-electron chi connectivity index (χ4n) is 2.01. The van der Waals surface area contributed by atoms with E-state index in [4.69, 9.17) is 0 Å². The number of sulfonamides is 1. The molecule has 0 aliphatic rings. The molecule has 0 aromatic heterocycles. The zero-order valence-corrected chi connectivity index (χ0v) is 12.6. The number of nitrogens with one attached hydrogen (secondary N) is 2. The van der Waals surface area contributed by atoms with E-state index in [0.29, 0.717) is 12.2 Å². The van der Waals surface area contributed by atoms with Gasteiger partial charge in [-0.25, -0.2) is 8.42 Å². The normalized spacial score (nSPS) is 11.9. The van der Waals surface area contributed by atoms with Gasteiger partial charge in [-0.1, -0.05) is 50.2 Å². The number of hydrogen-bond donors (Lipinski definition) is 2. The van der Waals surface area contributed by atoms with Crippen LogP contribution < -0.4 is 10.0 Å². The molecule has 2 aromatic carbocycles. The van der Waals surface area contributed by atoms with Crippen molar-refractivity contribution in [1.82, 2.24) is 5.32 Å². The lowest BCUT2D eigenvalue weighted by atomic mass is 10.1. The summed E-state index contributed by atoms with van der Waals surface area (Å²) in [6.07, 6.45) is 0. The summed E-state index contributed by atoms with van der Waals surface area (Å²) in [4.78, 5) is 0. The first-order valence-corrected chi connectivity index (χ1v) is 8.35. The van der Waals surface area contributed by atoms with Crippen LogP contribution in [0.4, 0.5) is 5.69 Å². The summed E-state index contributed by atoms with van der Waals surface area (Å²) < 4.78 is 26.8. The minimum absolute atomic E-state index is 0.0639. The highest BCUT2D eigenvalue weighted by atomic mass is 32.2. The molecule has 5 heteroatoms. The summed E-state index contributed by atoms with van der Waals surface area (Å²) in [6.45, 7) is 4.42. The SMILES string of the molecule is CC(C)NCCS(=O)(=O)Nc1cccc2ccccc12. The van der Waals surface area contributed by atoms with Crippen LogP contribution in [0, 0.1) is 0 Å². The molecule has 0 aliphatic carbocycles. The second kappa shape index (κ2) is 6.24. The third-order valence-electron chi connectivity index (χ3n) is 2.98. The minimum Gasteiger partial charge on any atom is -0.313 e. The topological polar surface area (TPSA) is 58.2 Å². The van der Waals surface area contributed by atoms with E-state index in [9.17, 15) is 8.42 Å². The number of fused-ring (bicyclic) bond motifs is 1. The Labute approximate surface area is 120 Å². The second-order valence-electron chi connectivity index (χ2n) is 5.06. The van der Waals surface area contributed by atoms with Crippen molar-refractivity contribution in [2.24, 2.45) is 0 Å². The first kappa shape index (κ1) is 14.8. The van der Waals surface area contributed by atoms with Crippen LogP contribution in [0.25, 0.3) is 10.8 Å². The van der Waals surface area contributed by atoms with Crippen molar-refractivity contribution in [3.8, 4) is 0 Å². The molecule has 2 rings (SSSR count). The summed E-state index contributed by atoms with van der Waals surface area (Å²) in [5.74, 6) is 0.0639. The van der Waals surface area contributed by atoms with Gasteiger partial charge in [0.2, 0.25) is 10.0 Å². The molecule has 0 aliphatic heterocycles. The van der Waals surface area contributed by atoms with Crippen LogP contribution in [0.5, 0.6) is 0 Å². The molecule has 108 valence electrons. The van der Waals surface area contributed by atoms with Gasteiger partial charge in [-0.2, -0.15) is 0 Å². The number of benzene rings is 2. The molecule has 4 nitrogen and oxygen atoms in total. The molecule has 0 amide bonds. The average molecular weight is 292 g/mol. The second-order valence-corrected chi connectivity index (χ2v) is 6.90. The molecule has 0 saturated heterocycles. The molecule has 2 aromatic rings. The van der Waals surface area contributed by atoms with Gasteiger partial charge in [0.05, 0.1) is 11.4 Å². The van der Waals surface area contributed by atoms with Gasteiger partial charge >= 0.3 is 0 Å². The quantitative estimate of drug-likeness (QED) is 0.860. The van der Waals surface area contributed by atoms with Crippen molar-refractivity contribution in [1.29, 1.82) is 0 Å². The molecule has 0 atom stereocenters. The van der Waals surface area contributed by atoms with Gasteiger partial charge in [0.25, 0.3) is 0 Å². The summed E-state index contributed by atoms with van der Waals surface area (Å²) in [5, 5.41) is 5.04. The van der Waals surface area contributed by atoms with Crippen LogP contribution >= 0.6 is 0 Å². The van der Waals surface area contributed by atoms with Crippen molar-refractivity contribution >= 4 is 26.5 Å². The van der Waals surface area contributed by atoms with Crippen molar-refractivity contribution < 1.29 is 8.42 Å². The highest BCUT2D eigenvalue weighted by Gasteiger charge is 2.12. The molecule has 0 fully saturated rings. The summed E-state index contributed by atoms with van der Waals surface area (Å²) in [6, 6.07) is 13.6. The van der Waals surface area contributed by atoms with E-state index in [0.717, 1.165) is 10.8 Å². The number of anilines is 1. The first-order valence-electron chi connectivity index (χ1n) is 6.69. The van der Waals surface area contributed by atoms with Crippen LogP contribution in [0.3, 0.4) is 0 Å². The Balaban J connectivity index is 2.15. The molecule has 0 radical (unpaired) electrons. The highest BCUT2D eigenvalue weighted by molar-refractivity contribution is 7.92. The van der Waals surface area contributed by atoms with Crippen LogP contribution in [0.1, 0.15) is 13.8 Å². The van der Waals surface area contributed by atoms with E-state index in [-0.39, 0.29) is 11.8 Å². The maximum absolute atomic E-state index is 12.1. The van der Waals surface area contributed by atoms with E-state index in [2.05, 4.69) is 10.0 Å². The molecular formula is C15H20N2O2S. The zero-order valence-electron chi connectivity index (χ0n) is 11.8. The van der Waals surface area contributed by atoms with Crippen molar-refractivity contribution in [3.63, 3.8) is 0 Å². The number of hydrogen-bond acceptors (Lipinski definition) is 3. The van der Waals surface area contributed by atoms with Gasteiger partial charge in [0.15, 0.2) is 0 Å². The monoisotopic (exact) mass is 292 g/mol. The molecular weight excluding hydrogens is 272 g/mol. The Bertz CT molecular complexity index is 676. The Hall–Kier alpha value is -1.59. The van der Waals surface area contributed by atoms with E-state index < -0.39 is 10.0 Å². The molecule has 2 N–H and O–H groups in total. The Kier molecular flexibility index (Phi) is 4.62. The standard InChI is InChI=1S/C15H20N2O2S/c1-12(2)16-10-11-20(18,19)17-15-9-5-7-13-6-3-4-8-14(13)15/h3-9,12,16-17H,10-11H2,1-2H3. The predicted molar refractivity (Wildman–Crippen MR) is 84.5 cm³/mol. The molecule has 20 heavy (non-hydrogen) atoms. The van der Waals surface area contributed by atoms with Gasteiger partial charge in [-0.3, -0.25) is 4.72 Å². The van der Waals surface area contributed by atoms with E-state index in [1.807, 2.05) is 50.2 Å². The van der Waals surface area contributed by atoms with Crippen LogP contribution in [-0.2, 0) is 10.0 Å². The lowest BCUT2D eigenvalue weighted by Gasteiger charge is -2.12. The fourth-order valence-corrected chi connectivity index (χ4v) is 3.02. The average Bonchev–Trinajstić information content (AvgIpc) is 2.38. The third kappa shape index (κ3) is 3.95. The van der Waals surface area contributed by atoms with Crippen molar-refractivity contribution in [2.45, 2.75) is 19.9 Å². The van der Waals surface area contributed by atoms with Crippen molar-refractivity contribution in [2.75, 3.05) is 17.0 Å². The summed E-state index contributed by atoms with van der Waals surface area (Å²) in [5.41, 5.74) is 0.632. The van der Waals surface area contributed by atoms with E-state index in [1.54, 1.807) is 6.07 Å². The lowest BCUT2D eigenvalue weighted by Crippen LogP contribution is -2.30. The van der Waals surface area contributed by atoms with Crippen LogP contribution in [-0.4, -0.2) is 26.8 Å². The summed E-state index contributed by atoms with van der Waals surface area (Å²) >= 11 is 0. The molecule has 0 saturated carbocycles. The zero-order chi connectivity index (χ0) is 14.6. The molecule has 0 bridgehead atoms. The van der Waals surface area contributed by atoms with Crippen LogP contribution in [0.2, 0.25) is 0 Å². The molecule has 0 spiro atoms. The smallest absolute Gasteiger partial charge is 0.233 e. The largest absolute Gasteiger partial charge is 0.313 e. The van der Waals surface area contributed by atoms with Gasteiger partial charge in [0, 0.05) is 18.0 Å². The Morgan fingerprint density at radius 2 is 1.75 bits per heavy atom. The molecule has 0 heterocycles. The van der Waals surface area contributed by atoms with E-state index >= 15 is 0 Å². The maximum Gasteiger partial charge on any atom is 0.233 e. The minimum atomic E-state index is -3.33. The predicted octanol–water partition coefficient (Wildman–Crippen LogP) is 2.58. The summed E-state index contributed by atoms with van der Waals surface area (Å²) in [7, 11) is -3.33.